The maximum Gasteiger partial charge on any atom is 0.164 e. The Hall–Kier alpha value is -8.31. The van der Waals surface area contributed by atoms with Crippen molar-refractivity contribution >= 4 is 42.3 Å². The van der Waals surface area contributed by atoms with Gasteiger partial charge in [0.25, 0.3) is 0 Å². The summed E-state index contributed by atoms with van der Waals surface area (Å²) in [5.41, 5.74) is 14.5. The van der Waals surface area contributed by atoms with Crippen molar-refractivity contribution in [3.05, 3.63) is 237 Å². The largest absolute Gasteiger partial charge is 0.208 e. The monoisotopic (exact) mass is 845 g/mol. The van der Waals surface area contributed by atoms with E-state index in [2.05, 4.69) is 218 Å². The topological polar surface area (TPSA) is 38.7 Å². The Morgan fingerprint density at radius 1 is 0.215 bits per heavy atom. The molecule has 0 spiro atoms. The lowest BCUT2D eigenvalue weighted by atomic mass is 9.91. The lowest BCUT2D eigenvalue weighted by Gasteiger charge is -2.13. The molecule has 0 saturated heterocycles. The minimum absolute atomic E-state index is 0.626. The quantitative estimate of drug-likeness (QED) is 0.153. The molecule has 12 aromatic rings. The Balaban J connectivity index is 0.871. The maximum absolute atomic E-state index is 5.15. The first-order chi connectivity index (χ1) is 32.2. The summed E-state index contributed by atoms with van der Waals surface area (Å²) in [6.45, 7) is 0. The van der Waals surface area contributed by atoms with Crippen LogP contribution in [0.2, 0.25) is 0 Å². The van der Waals surface area contributed by atoms with E-state index in [1.54, 1.807) is 0 Å². The molecule has 2 aromatic heterocycles. The third kappa shape index (κ3) is 7.26. The van der Waals surface area contributed by atoms with E-state index in [0.717, 1.165) is 44.5 Å². The number of nitrogens with zero attached hydrogens (tertiary/aromatic N) is 3. The number of rotatable bonds is 8. The van der Waals surface area contributed by atoms with Gasteiger partial charge in [0.05, 0.1) is 0 Å². The first-order valence-electron chi connectivity index (χ1n) is 21.9. The first-order valence-corrected chi connectivity index (χ1v) is 22.7. The van der Waals surface area contributed by atoms with E-state index in [1.165, 1.54) is 58.8 Å². The molecule has 0 bridgehead atoms. The van der Waals surface area contributed by atoms with Crippen molar-refractivity contribution in [2.45, 2.75) is 0 Å². The van der Waals surface area contributed by atoms with Crippen molar-refractivity contribution in [3.8, 4) is 89.8 Å². The highest BCUT2D eigenvalue weighted by Crippen LogP contribution is 2.41. The van der Waals surface area contributed by atoms with E-state index < -0.39 is 0 Å². The number of hydrogen-bond donors (Lipinski definition) is 0. The predicted octanol–water partition coefficient (Wildman–Crippen LogP) is 16.7. The molecule has 4 heteroatoms. The van der Waals surface area contributed by atoms with Crippen LogP contribution in [0.4, 0.5) is 0 Å². The molecule has 0 saturated carbocycles. The molecule has 0 aliphatic carbocycles. The molecule has 0 N–H and O–H groups in total. The van der Waals surface area contributed by atoms with Crippen LogP contribution >= 0.6 is 11.3 Å². The summed E-state index contributed by atoms with van der Waals surface area (Å²) in [6.07, 6.45) is 0. The second-order valence-corrected chi connectivity index (χ2v) is 17.4. The van der Waals surface area contributed by atoms with E-state index in [9.17, 15) is 0 Å². The van der Waals surface area contributed by atoms with Gasteiger partial charge in [-0.05, 0) is 84.6 Å². The number of hydrogen-bond acceptors (Lipinski definition) is 4. The SMILES string of the molecule is c1ccc(-c2ccc(-c3nc(-c4ccc(-c5ccc(-c6ccc(-c7ccc8sc9ccccc9c8c7)c7ccccc67)cc5)cc4)nc(-c4ccccc4-c4ccccc4)n3)cc2)cc1. The summed E-state index contributed by atoms with van der Waals surface area (Å²) in [5, 5.41) is 5.13. The number of aromatic nitrogens is 3. The molecular formula is C61H39N3S. The van der Waals surface area contributed by atoms with Crippen LogP contribution in [0.25, 0.3) is 121 Å². The predicted molar refractivity (Wildman–Crippen MR) is 274 cm³/mol. The highest BCUT2D eigenvalue weighted by Gasteiger charge is 2.17. The summed E-state index contributed by atoms with van der Waals surface area (Å²) in [6, 6.07) is 84.1. The summed E-state index contributed by atoms with van der Waals surface area (Å²) in [5.74, 6) is 1.89. The normalized spacial score (nSPS) is 11.4. The average molecular weight is 846 g/mol. The van der Waals surface area contributed by atoms with E-state index >= 15 is 0 Å². The van der Waals surface area contributed by atoms with Crippen LogP contribution in [0.1, 0.15) is 0 Å². The standard InChI is InChI=1S/C61H39N3S/c1-3-13-40(14-4-1)41-25-31-46(32-26-41)59-62-60(64-61(63-59)55-21-10-7-17-49(55)44-15-5-2-6-16-44)47-33-27-43(28-34-47)42-23-29-45(30-24-42)50-36-37-51(53-19-9-8-18-52(50)53)48-35-38-58-56(39-48)54-20-11-12-22-57(54)65-58/h1-39H. The fourth-order valence-electron chi connectivity index (χ4n) is 9.09. The molecule has 304 valence electrons. The first kappa shape index (κ1) is 38.4. The zero-order valence-electron chi connectivity index (χ0n) is 35.3. The van der Waals surface area contributed by atoms with Crippen molar-refractivity contribution in [1.82, 2.24) is 15.0 Å². The Bertz CT molecular complexity index is 3670. The van der Waals surface area contributed by atoms with E-state index in [0.29, 0.717) is 17.5 Å². The van der Waals surface area contributed by atoms with Crippen molar-refractivity contribution in [3.63, 3.8) is 0 Å². The van der Waals surface area contributed by atoms with Crippen LogP contribution in [0.5, 0.6) is 0 Å². The Morgan fingerprint density at radius 2 is 0.600 bits per heavy atom. The fourth-order valence-corrected chi connectivity index (χ4v) is 10.2. The summed E-state index contributed by atoms with van der Waals surface area (Å²) >= 11 is 1.86. The Kier molecular flexibility index (Phi) is 9.70. The lowest BCUT2D eigenvalue weighted by Crippen LogP contribution is -2.01. The molecule has 0 aliphatic heterocycles. The van der Waals surface area contributed by atoms with Gasteiger partial charge in [0.1, 0.15) is 0 Å². The second kappa shape index (κ2) is 16.4. The van der Waals surface area contributed by atoms with Gasteiger partial charge in [-0.25, -0.2) is 15.0 Å². The molecule has 3 nitrogen and oxygen atoms in total. The summed E-state index contributed by atoms with van der Waals surface area (Å²) < 4.78 is 2.65. The fraction of sp³-hybridized carbons (Fsp3) is 0. The second-order valence-electron chi connectivity index (χ2n) is 16.3. The highest BCUT2D eigenvalue weighted by molar-refractivity contribution is 7.25. The minimum atomic E-state index is 0.626. The minimum Gasteiger partial charge on any atom is -0.208 e. The Labute approximate surface area is 381 Å². The number of thiophene rings is 1. The van der Waals surface area contributed by atoms with E-state index in [4.69, 9.17) is 15.0 Å². The summed E-state index contributed by atoms with van der Waals surface area (Å²) in [4.78, 5) is 15.4. The van der Waals surface area contributed by atoms with Crippen LogP contribution in [0, 0.1) is 0 Å². The highest BCUT2D eigenvalue weighted by atomic mass is 32.1. The molecule has 0 aliphatic rings. The third-order valence-corrected chi connectivity index (χ3v) is 13.6. The lowest BCUT2D eigenvalue weighted by molar-refractivity contribution is 1.07. The third-order valence-electron chi connectivity index (χ3n) is 12.4. The zero-order chi connectivity index (χ0) is 43.1. The van der Waals surface area contributed by atoms with Crippen LogP contribution < -0.4 is 0 Å². The molecule has 2 heterocycles. The molecule has 0 atom stereocenters. The van der Waals surface area contributed by atoms with Crippen LogP contribution in [-0.4, -0.2) is 15.0 Å². The molecular weight excluding hydrogens is 807 g/mol. The molecule has 12 rings (SSSR count). The van der Waals surface area contributed by atoms with Crippen molar-refractivity contribution in [2.24, 2.45) is 0 Å². The van der Waals surface area contributed by atoms with Gasteiger partial charge >= 0.3 is 0 Å². The van der Waals surface area contributed by atoms with Gasteiger partial charge in [-0.15, -0.1) is 11.3 Å². The summed E-state index contributed by atoms with van der Waals surface area (Å²) in [7, 11) is 0. The molecule has 0 amide bonds. The number of benzene rings is 10. The molecule has 10 aromatic carbocycles. The smallest absolute Gasteiger partial charge is 0.164 e. The average Bonchev–Trinajstić information content (AvgIpc) is 3.77. The van der Waals surface area contributed by atoms with Crippen LogP contribution in [0.15, 0.2) is 237 Å². The van der Waals surface area contributed by atoms with Crippen molar-refractivity contribution < 1.29 is 0 Å². The van der Waals surface area contributed by atoms with E-state index in [1.807, 2.05) is 29.5 Å². The van der Waals surface area contributed by atoms with Gasteiger partial charge < -0.3 is 0 Å². The maximum atomic E-state index is 5.15. The van der Waals surface area contributed by atoms with Crippen molar-refractivity contribution in [1.29, 1.82) is 0 Å². The molecule has 0 radical (unpaired) electrons. The van der Waals surface area contributed by atoms with Gasteiger partial charge in [-0.2, -0.15) is 0 Å². The van der Waals surface area contributed by atoms with Crippen LogP contribution in [-0.2, 0) is 0 Å². The van der Waals surface area contributed by atoms with Gasteiger partial charge in [-0.1, -0.05) is 218 Å². The van der Waals surface area contributed by atoms with Gasteiger partial charge in [0, 0.05) is 36.9 Å². The molecule has 0 unspecified atom stereocenters. The van der Waals surface area contributed by atoms with Gasteiger partial charge in [0.2, 0.25) is 0 Å². The molecule has 0 fully saturated rings. The van der Waals surface area contributed by atoms with Crippen LogP contribution in [0.3, 0.4) is 0 Å². The Morgan fingerprint density at radius 3 is 1.20 bits per heavy atom. The zero-order valence-corrected chi connectivity index (χ0v) is 36.1. The van der Waals surface area contributed by atoms with Gasteiger partial charge in [0.15, 0.2) is 17.5 Å². The van der Waals surface area contributed by atoms with Gasteiger partial charge in [-0.3, -0.25) is 0 Å². The molecule has 65 heavy (non-hydrogen) atoms. The van der Waals surface area contributed by atoms with Crippen molar-refractivity contribution in [2.75, 3.05) is 0 Å². The van der Waals surface area contributed by atoms with E-state index in [-0.39, 0.29) is 0 Å². The number of fused-ring (bicyclic) bond motifs is 4.